The maximum atomic E-state index is 12.6. The van der Waals surface area contributed by atoms with Gasteiger partial charge < -0.3 is 9.88 Å². The number of anilines is 1. The van der Waals surface area contributed by atoms with E-state index in [0.717, 1.165) is 5.56 Å². The fourth-order valence-corrected chi connectivity index (χ4v) is 2.99. The van der Waals surface area contributed by atoms with E-state index in [1.165, 1.54) is 10.6 Å². The zero-order chi connectivity index (χ0) is 18.7. The van der Waals surface area contributed by atoms with Crippen LogP contribution in [-0.4, -0.2) is 10.5 Å². The second kappa shape index (κ2) is 7.96. The fourth-order valence-electron chi connectivity index (χ4n) is 2.40. The number of carbonyl (C=O) groups excluding carboxylic acids is 1. The molecule has 132 valence electrons. The summed E-state index contributed by atoms with van der Waals surface area (Å²) in [5.41, 5.74) is 0.904. The van der Waals surface area contributed by atoms with Crippen molar-refractivity contribution in [2.45, 2.75) is 6.54 Å². The zero-order valence-electron chi connectivity index (χ0n) is 13.4. The first-order chi connectivity index (χ1) is 12.4. The molecular weight excluding hydrogens is 395 g/mol. The molecular formula is C19H13Cl3N2O2. The molecule has 0 aliphatic rings. The van der Waals surface area contributed by atoms with Crippen LogP contribution in [0.2, 0.25) is 15.1 Å². The normalized spacial score (nSPS) is 10.6. The number of hydrogen-bond donors (Lipinski definition) is 1. The van der Waals surface area contributed by atoms with E-state index < -0.39 is 11.5 Å². The lowest BCUT2D eigenvalue weighted by Crippen LogP contribution is -2.29. The van der Waals surface area contributed by atoms with Gasteiger partial charge in [0.25, 0.3) is 11.5 Å². The summed E-state index contributed by atoms with van der Waals surface area (Å²) in [7, 11) is 0. The van der Waals surface area contributed by atoms with E-state index in [1.54, 1.807) is 54.7 Å². The summed E-state index contributed by atoms with van der Waals surface area (Å²) in [5, 5.41) is 4.22. The Morgan fingerprint density at radius 1 is 0.962 bits per heavy atom. The van der Waals surface area contributed by atoms with Crippen LogP contribution in [0.25, 0.3) is 0 Å². The van der Waals surface area contributed by atoms with Gasteiger partial charge in [-0.15, -0.1) is 0 Å². The summed E-state index contributed by atoms with van der Waals surface area (Å²) in [6.45, 7) is 0.233. The van der Waals surface area contributed by atoms with Gasteiger partial charge in [-0.3, -0.25) is 9.59 Å². The molecule has 0 unspecified atom stereocenters. The number of halogens is 3. The minimum absolute atomic E-state index is 0.0348. The van der Waals surface area contributed by atoms with E-state index >= 15 is 0 Å². The third-order valence-electron chi connectivity index (χ3n) is 3.72. The Balaban J connectivity index is 1.85. The van der Waals surface area contributed by atoms with E-state index in [9.17, 15) is 9.59 Å². The molecule has 0 spiro atoms. The average Bonchev–Trinajstić information content (AvgIpc) is 2.61. The van der Waals surface area contributed by atoms with Gasteiger partial charge in [-0.2, -0.15) is 0 Å². The van der Waals surface area contributed by atoms with Crippen molar-refractivity contribution in [1.82, 2.24) is 4.57 Å². The van der Waals surface area contributed by atoms with Gasteiger partial charge in [0.15, 0.2) is 0 Å². The molecule has 1 amide bonds. The van der Waals surface area contributed by atoms with Crippen molar-refractivity contribution in [3.8, 4) is 0 Å². The van der Waals surface area contributed by atoms with Crippen LogP contribution in [0, 0.1) is 0 Å². The highest BCUT2D eigenvalue weighted by Gasteiger charge is 2.13. The first kappa shape index (κ1) is 18.5. The molecule has 0 fully saturated rings. The highest BCUT2D eigenvalue weighted by molar-refractivity contribution is 6.35. The summed E-state index contributed by atoms with van der Waals surface area (Å²) in [6.07, 6.45) is 1.60. The van der Waals surface area contributed by atoms with Gasteiger partial charge in [0, 0.05) is 27.0 Å². The Bertz CT molecular complexity index is 1010. The number of amides is 1. The van der Waals surface area contributed by atoms with Crippen molar-refractivity contribution in [1.29, 1.82) is 0 Å². The molecule has 4 nitrogen and oxygen atoms in total. The lowest BCUT2D eigenvalue weighted by molar-refractivity contribution is 0.102. The van der Waals surface area contributed by atoms with Crippen molar-refractivity contribution in [3.05, 3.63) is 97.3 Å². The number of nitrogens with one attached hydrogen (secondary N) is 1. The molecule has 0 saturated heterocycles. The Kier molecular flexibility index (Phi) is 5.67. The first-order valence-corrected chi connectivity index (χ1v) is 8.78. The van der Waals surface area contributed by atoms with Crippen molar-refractivity contribution in [3.63, 3.8) is 0 Å². The maximum absolute atomic E-state index is 12.6. The van der Waals surface area contributed by atoms with Crippen LogP contribution in [0.3, 0.4) is 0 Å². The fraction of sp³-hybridized carbons (Fsp3) is 0.0526. The Labute approximate surface area is 164 Å². The van der Waals surface area contributed by atoms with Crippen LogP contribution < -0.4 is 10.9 Å². The van der Waals surface area contributed by atoms with Crippen LogP contribution in [0.1, 0.15) is 15.9 Å². The molecule has 0 radical (unpaired) electrons. The number of pyridine rings is 1. The van der Waals surface area contributed by atoms with E-state index in [4.69, 9.17) is 34.8 Å². The number of hydrogen-bond acceptors (Lipinski definition) is 2. The van der Waals surface area contributed by atoms with Crippen LogP contribution in [0.4, 0.5) is 5.69 Å². The third kappa shape index (κ3) is 4.28. The van der Waals surface area contributed by atoms with Crippen molar-refractivity contribution < 1.29 is 4.79 Å². The molecule has 0 bridgehead atoms. The van der Waals surface area contributed by atoms with Crippen LogP contribution in [-0.2, 0) is 6.54 Å². The Hall–Kier alpha value is -2.27. The van der Waals surface area contributed by atoms with Gasteiger partial charge in [0.05, 0.1) is 6.54 Å². The molecule has 2 aromatic carbocycles. The van der Waals surface area contributed by atoms with Crippen molar-refractivity contribution in [2.24, 2.45) is 0 Å². The number of benzene rings is 2. The monoisotopic (exact) mass is 406 g/mol. The topological polar surface area (TPSA) is 51.1 Å². The molecule has 1 aromatic heterocycles. The molecule has 26 heavy (non-hydrogen) atoms. The Morgan fingerprint density at radius 3 is 2.35 bits per heavy atom. The van der Waals surface area contributed by atoms with Crippen LogP contribution in [0.5, 0.6) is 0 Å². The summed E-state index contributed by atoms with van der Waals surface area (Å²) in [5.74, 6) is -0.492. The van der Waals surface area contributed by atoms with Crippen LogP contribution in [0.15, 0.2) is 65.6 Å². The van der Waals surface area contributed by atoms with E-state index in [0.29, 0.717) is 20.8 Å². The molecule has 3 rings (SSSR count). The summed E-state index contributed by atoms with van der Waals surface area (Å²) in [6, 6.07) is 14.8. The average molecular weight is 408 g/mol. The SMILES string of the molecule is O=C(Nc1ccc(Cl)cc1)c1cccn(Cc2ccc(Cl)cc2Cl)c1=O. The van der Waals surface area contributed by atoms with Gasteiger partial charge in [0.1, 0.15) is 5.56 Å². The second-order valence-corrected chi connectivity index (χ2v) is 6.83. The Morgan fingerprint density at radius 2 is 1.65 bits per heavy atom. The number of nitrogens with zero attached hydrogens (tertiary/aromatic N) is 1. The molecule has 1 heterocycles. The summed E-state index contributed by atoms with van der Waals surface area (Å²) >= 11 is 17.9. The van der Waals surface area contributed by atoms with E-state index in [-0.39, 0.29) is 12.1 Å². The standard InChI is InChI=1S/C19H13Cl3N2O2/c20-13-5-7-15(8-6-13)23-18(25)16-2-1-9-24(19(16)26)11-12-3-4-14(21)10-17(12)22/h1-10H,11H2,(H,23,25). The largest absolute Gasteiger partial charge is 0.322 e. The lowest BCUT2D eigenvalue weighted by Gasteiger charge is -2.10. The number of carbonyl (C=O) groups is 1. The van der Waals surface area contributed by atoms with Gasteiger partial charge in [-0.05, 0) is 54.1 Å². The van der Waals surface area contributed by atoms with Crippen LogP contribution >= 0.6 is 34.8 Å². The summed E-state index contributed by atoms with van der Waals surface area (Å²) in [4.78, 5) is 25.1. The van der Waals surface area contributed by atoms with Crippen molar-refractivity contribution in [2.75, 3.05) is 5.32 Å². The van der Waals surface area contributed by atoms with E-state index in [1.807, 2.05) is 0 Å². The molecule has 3 aromatic rings. The lowest BCUT2D eigenvalue weighted by atomic mass is 10.2. The number of aromatic nitrogens is 1. The van der Waals surface area contributed by atoms with Gasteiger partial charge in [-0.1, -0.05) is 40.9 Å². The summed E-state index contributed by atoms with van der Waals surface area (Å²) < 4.78 is 1.42. The molecule has 0 saturated carbocycles. The third-order valence-corrected chi connectivity index (χ3v) is 4.56. The molecule has 0 aliphatic heterocycles. The predicted molar refractivity (Wildman–Crippen MR) is 106 cm³/mol. The maximum Gasteiger partial charge on any atom is 0.263 e. The van der Waals surface area contributed by atoms with Gasteiger partial charge in [-0.25, -0.2) is 0 Å². The first-order valence-electron chi connectivity index (χ1n) is 7.64. The van der Waals surface area contributed by atoms with Gasteiger partial charge >= 0.3 is 0 Å². The quantitative estimate of drug-likeness (QED) is 0.653. The molecule has 1 N–H and O–H groups in total. The highest BCUT2D eigenvalue weighted by atomic mass is 35.5. The smallest absolute Gasteiger partial charge is 0.263 e. The van der Waals surface area contributed by atoms with Crippen molar-refractivity contribution >= 4 is 46.4 Å². The molecule has 0 aliphatic carbocycles. The minimum Gasteiger partial charge on any atom is -0.322 e. The zero-order valence-corrected chi connectivity index (χ0v) is 15.6. The number of rotatable bonds is 4. The molecule has 7 heteroatoms. The van der Waals surface area contributed by atoms with Gasteiger partial charge in [0.2, 0.25) is 0 Å². The second-order valence-electron chi connectivity index (χ2n) is 5.55. The van der Waals surface area contributed by atoms with E-state index in [2.05, 4.69) is 5.32 Å². The minimum atomic E-state index is -0.492. The predicted octanol–water partition coefficient (Wildman–Crippen LogP) is 5.11. The highest BCUT2D eigenvalue weighted by Crippen LogP contribution is 2.21. The molecule has 0 atom stereocenters.